The van der Waals surface area contributed by atoms with E-state index < -0.39 is 14.9 Å². The van der Waals surface area contributed by atoms with Crippen molar-refractivity contribution in [2.75, 3.05) is 7.11 Å². The Morgan fingerprint density at radius 2 is 1.57 bits per heavy atom. The summed E-state index contributed by atoms with van der Waals surface area (Å²) in [4.78, 5) is 0. The van der Waals surface area contributed by atoms with Crippen LogP contribution in [0.15, 0.2) is 30.3 Å². The topological polar surface area (TPSA) is 77.4 Å². The van der Waals surface area contributed by atoms with Crippen LogP contribution in [0, 0.1) is 38.0 Å². The number of rotatable bonds is 3. The van der Waals surface area contributed by atoms with Crippen molar-refractivity contribution >= 4 is 10.1 Å². The van der Waals surface area contributed by atoms with Crippen LogP contribution >= 0.6 is 0 Å². The standard InChI is InChI=1S/C10H14.C4H9O3S.CH4O.U/c1-3-9(2)10-7-5-4-6-8-10;1-4(2,3)8(5,6)7;1-2;/h4-9H,3H2,1-2H3;1H2,2-3H3,(H,5,6,7);2H,1H3;/q;-1;;/p-1. The van der Waals surface area contributed by atoms with Crippen LogP contribution in [-0.2, 0) is 10.1 Å². The van der Waals surface area contributed by atoms with Crippen molar-refractivity contribution in [2.45, 2.75) is 44.8 Å². The van der Waals surface area contributed by atoms with Gasteiger partial charge in [0.15, 0.2) is 0 Å². The Bertz CT molecular complexity index is 438. The predicted molar refractivity (Wildman–Crippen MR) is 82.4 cm³/mol. The van der Waals surface area contributed by atoms with E-state index in [0.29, 0.717) is 5.92 Å². The molecule has 0 saturated carbocycles. The zero-order valence-corrected chi connectivity index (χ0v) is 18.4. The van der Waals surface area contributed by atoms with Gasteiger partial charge >= 0.3 is 0 Å². The van der Waals surface area contributed by atoms with Gasteiger partial charge in [-0.2, -0.15) is 0 Å². The number of benzene rings is 1. The molecular formula is C15H26O4SU-2. The minimum absolute atomic E-state index is 0. The van der Waals surface area contributed by atoms with Crippen LogP contribution in [0.25, 0.3) is 0 Å². The van der Waals surface area contributed by atoms with Gasteiger partial charge in [0.25, 0.3) is 0 Å². The van der Waals surface area contributed by atoms with Crippen molar-refractivity contribution in [3.05, 3.63) is 42.8 Å². The van der Waals surface area contributed by atoms with Crippen LogP contribution in [-0.4, -0.2) is 29.9 Å². The molecule has 0 aliphatic rings. The summed E-state index contributed by atoms with van der Waals surface area (Å²) in [5.41, 5.74) is 1.45. The van der Waals surface area contributed by atoms with Crippen LogP contribution in [0.3, 0.4) is 0 Å². The maximum Gasteiger partial charge on any atom is 0.0710 e. The third kappa shape index (κ3) is 12.4. The maximum atomic E-state index is 10.0. The van der Waals surface area contributed by atoms with E-state index in [1.165, 1.54) is 25.8 Å². The molecule has 1 rings (SSSR count). The normalized spacial score (nSPS) is 11.8. The molecule has 0 aliphatic carbocycles. The minimum atomic E-state index is -4.20. The van der Waals surface area contributed by atoms with E-state index in [9.17, 15) is 13.0 Å². The van der Waals surface area contributed by atoms with Crippen LogP contribution in [0.2, 0.25) is 0 Å². The first-order chi connectivity index (χ1) is 9.09. The summed E-state index contributed by atoms with van der Waals surface area (Å²) in [7, 11) is -3.20. The molecule has 0 heterocycles. The van der Waals surface area contributed by atoms with Crippen LogP contribution in [0.1, 0.15) is 45.6 Å². The summed E-state index contributed by atoms with van der Waals surface area (Å²) in [5.74, 6) is 0.709. The molecule has 0 aromatic heterocycles. The van der Waals surface area contributed by atoms with Gasteiger partial charge in [0, 0.05) is 38.2 Å². The van der Waals surface area contributed by atoms with E-state index in [1.54, 1.807) is 0 Å². The molecule has 122 valence electrons. The molecule has 1 atom stereocenters. The molecule has 0 radical (unpaired) electrons. The van der Waals surface area contributed by atoms with Gasteiger partial charge < -0.3 is 16.6 Å². The van der Waals surface area contributed by atoms with Crippen LogP contribution in [0.5, 0.6) is 0 Å². The van der Waals surface area contributed by atoms with E-state index in [1.807, 2.05) is 0 Å². The zero-order valence-electron chi connectivity index (χ0n) is 13.5. The molecule has 0 aliphatic heterocycles. The minimum Gasteiger partial charge on any atom is -0.750 e. The fraction of sp³-hybridized carbons (Fsp3) is 0.533. The van der Waals surface area contributed by atoms with E-state index in [-0.39, 0.29) is 31.1 Å². The molecule has 0 bridgehead atoms. The Kier molecular flexibility index (Phi) is 15.7. The van der Waals surface area contributed by atoms with Gasteiger partial charge in [0.1, 0.15) is 0 Å². The molecule has 0 fully saturated rings. The SMILES string of the molecule is CCC(C)c1ccccc1.CO.[CH2-]C(C)(C)S(=O)(=O)[O-].[U]. The summed E-state index contributed by atoms with van der Waals surface area (Å²) in [6, 6.07) is 10.6. The van der Waals surface area contributed by atoms with Gasteiger partial charge in [0.05, 0.1) is 10.1 Å². The van der Waals surface area contributed by atoms with Crippen molar-refractivity contribution in [1.82, 2.24) is 0 Å². The Morgan fingerprint density at radius 1 is 1.24 bits per heavy atom. The van der Waals surface area contributed by atoms with Gasteiger partial charge in [0.2, 0.25) is 0 Å². The van der Waals surface area contributed by atoms with Gasteiger partial charge in [-0.3, -0.25) is 0 Å². The smallest absolute Gasteiger partial charge is 0.0710 e. The van der Waals surface area contributed by atoms with E-state index in [4.69, 9.17) is 5.11 Å². The van der Waals surface area contributed by atoms with Crippen molar-refractivity contribution in [1.29, 1.82) is 0 Å². The molecular weight excluding hydrogens is 514 g/mol. The molecule has 0 amide bonds. The first-order valence-corrected chi connectivity index (χ1v) is 7.81. The maximum absolute atomic E-state index is 10.0. The first kappa shape index (κ1) is 26.1. The number of aliphatic hydroxyl groups is 1. The van der Waals surface area contributed by atoms with Gasteiger partial charge in [-0.15, -0.1) is 0 Å². The van der Waals surface area contributed by atoms with Crippen molar-refractivity contribution in [3.63, 3.8) is 0 Å². The van der Waals surface area contributed by atoms with Gasteiger partial charge in [-0.1, -0.05) is 62.8 Å². The van der Waals surface area contributed by atoms with E-state index >= 15 is 0 Å². The van der Waals surface area contributed by atoms with Gasteiger partial charge in [-0.25, -0.2) is 8.42 Å². The van der Waals surface area contributed by atoms with E-state index in [0.717, 1.165) is 7.11 Å². The third-order valence-corrected chi connectivity index (χ3v) is 4.01. The fourth-order valence-corrected chi connectivity index (χ4v) is 1.02. The molecule has 1 aromatic rings. The van der Waals surface area contributed by atoms with Gasteiger partial charge in [-0.05, 0) is 17.9 Å². The van der Waals surface area contributed by atoms with Crippen molar-refractivity contribution in [2.24, 2.45) is 0 Å². The second-order valence-corrected chi connectivity index (χ2v) is 6.95. The molecule has 4 nitrogen and oxygen atoms in total. The average Bonchev–Trinajstić information content (AvgIpc) is 2.39. The predicted octanol–water partition coefficient (Wildman–Crippen LogP) is 2.95. The van der Waals surface area contributed by atoms with Crippen LogP contribution < -0.4 is 0 Å². The molecule has 21 heavy (non-hydrogen) atoms. The van der Waals surface area contributed by atoms with Crippen molar-refractivity contribution in [3.8, 4) is 0 Å². The second-order valence-electron chi connectivity index (χ2n) is 4.93. The monoisotopic (exact) mass is 540 g/mol. The summed E-state index contributed by atoms with van der Waals surface area (Å²) in [6.45, 7) is 10.1. The summed E-state index contributed by atoms with van der Waals surface area (Å²) in [5, 5.41) is 7.00. The Morgan fingerprint density at radius 3 is 1.81 bits per heavy atom. The fourth-order valence-electron chi connectivity index (χ4n) is 1.02. The first-order valence-electron chi connectivity index (χ1n) is 6.40. The zero-order chi connectivity index (χ0) is 16.4. The van der Waals surface area contributed by atoms with Crippen LogP contribution in [0.4, 0.5) is 0 Å². The van der Waals surface area contributed by atoms with E-state index in [2.05, 4.69) is 51.1 Å². The molecule has 1 aromatic carbocycles. The average molecular weight is 540 g/mol. The number of hydrogen-bond donors (Lipinski definition) is 1. The Balaban J connectivity index is -0.000000270. The molecule has 0 spiro atoms. The Labute approximate surface area is 153 Å². The molecule has 1 unspecified atom stereocenters. The molecule has 6 heteroatoms. The second kappa shape index (κ2) is 12.7. The Hall–Kier alpha value is 0.142. The number of aliphatic hydroxyl groups excluding tert-OH is 1. The summed E-state index contributed by atoms with van der Waals surface area (Å²) < 4.78 is 28.7. The molecule has 0 saturated heterocycles. The molecule has 1 N–H and O–H groups in total. The third-order valence-electron chi connectivity index (χ3n) is 2.66. The quantitative estimate of drug-likeness (QED) is 0.473. The van der Waals surface area contributed by atoms with Crippen molar-refractivity contribution < 1.29 is 49.2 Å². The summed E-state index contributed by atoms with van der Waals surface area (Å²) in [6.07, 6.45) is 1.23. The number of hydrogen-bond acceptors (Lipinski definition) is 4. The summed E-state index contributed by atoms with van der Waals surface area (Å²) >= 11 is 0. The largest absolute Gasteiger partial charge is 0.750 e.